The Hall–Kier alpha value is -1.53. The normalized spacial score (nSPS) is 18.2. The van der Waals surface area contributed by atoms with Gasteiger partial charge in [-0.1, -0.05) is 0 Å². The van der Waals surface area contributed by atoms with Crippen molar-refractivity contribution in [3.05, 3.63) is 39.7 Å². The SMILES string of the molecule is NCC1(Cc2cc(F)ccc2[N+](=O)[O-])CCOCC1. The second kappa shape index (κ2) is 5.63. The third-order valence-electron chi connectivity index (χ3n) is 3.79. The lowest BCUT2D eigenvalue weighted by Crippen LogP contribution is -2.38. The molecule has 5 nitrogen and oxygen atoms in total. The summed E-state index contributed by atoms with van der Waals surface area (Å²) in [5, 5.41) is 11.0. The third-order valence-corrected chi connectivity index (χ3v) is 3.79. The van der Waals surface area contributed by atoms with Crippen LogP contribution in [0.2, 0.25) is 0 Å². The van der Waals surface area contributed by atoms with Crippen molar-refractivity contribution in [1.29, 1.82) is 0 Å². The second-order valence-electron chi connectivity index (χ2n) is 5.02. The molecule has 0 atom stereocenters. The molecule has 6 heteroatoms. The van der Waals surface area contributed by atoms with E-state index in [0.29, 0.717) is 31.7 Å². The molecule has 0 bridgehead atoms. The van der Waals surface area contributed by atoms with Crippen LogP contribution in [-0.4, -0.2) is 24.7 Å². The van der Waals surface area contributed by atoms with Crippen LogP contribution in [0, 0.1) is 21.3 Å². The predicted octanol–water partition coefficient (Wildman–Crippen LogP) is 2.03. The van der Waals surface area contributed by atoms with Crippen molar-refractivity contribution in [2.45, 2.75) is 19.3 Å². The third kappa shape index (κ3) is 3.08. The van der Waals surface area contributed by atoms with Crippen LogP contribution in [-0.2, 0) is 11.2 Å². The van der Waals surface area contributed by atoms with Crippen LogP contribution in [0.1, 0.15) is 18.4 Å². The zero-order valence-electron chi connectivity index (χ0n) is 10.6. The summed E-state index contributed by atoms with van der Waals surface area (Å²) in [4.78, 5) is 10.5. The number of nitro groups is 1. The number of nitro benzene ring substituents is 1. The number of nitrogens with zero attached hydrogens (tertiary/aromatic N) is 1. The predicted molar refractivity (Wildman–Crippen MR) is 68.3 cm³/mol. The molecule has 1 fully saturated rings. The smallest absolute Gasteiger partial charge is 0.272 e. The largest absolute Gasteiger partial charge is 0.381 e. The van der Waals surface area contributed by atoms with E-state index in [1.54, 1.807) is 0 Å². The molecule has 1 aromatic carbocycles. The lowest BCUT2D eigenvalue weighted by atomic mass is 9.75. The van der Waals surface area contributed by atoms with Gasteiger partial charge >= 0.3 is 0 Å². The molecule has 0 saturated carbocycles. The molecule has 0 spiro atoms. The highest BCUT2D eigenvalue weighted by Crippen LogP contribution is 2.36. The molecule has 0 aromatic heterocycles. The number of benzene rings is 1. The summed E-state index contributed by atoms with van der Waals surface area (Å²) in [6, 6.07) is 3.57. The minimum absolute atomic E-state index is 0.0410. The van der Waals surface area contributed by atoms with Crippen molar-refractivity contribution in [3.63, 3.8) is 0 Å². The maximum atomic E-state index is 13.3. The van der Waals surface area contributed by atoms with Crippen LogP contribution < -0.4 is 5.73 Å². The van der Waals surface area contributed by atoms with Crippen molar-refractivity contribution >= 4 is 5.69 Å². The minimum Gasteiger partial charge on any atom is -0.381 e. The lowest BCUT2D eigenvalue weighted by Gasteiger charge is -2.36. The van der Waals surface area contributed by atoms with Gasteiger partial charge < -0.3 is 10.5 Å². The summed E-state index contributed by atoms with van der Waals surface area (Å²) in [5.41, 5.74) is 5.98. The van der Waals surface area contributed by atoms with Crippen LogP contribution in [0.3, 0.4) is 0 Å². The van der Waals surface area contributed by atoms with Gasteiger partial charge in [0.25, 0.3) is 5.69 Å². The van der Waals surface area contributed by atoms with Crippen LogP contribution in [0.5, 0.6) is 0 Å². The van der Waals surface area contributed by atoms with Crippen molar-refractivity contribution < 1.29 is 14.1 Å². The number of hydrogen-bond donors (Lipinski definition) is 1. The maximum absolute atomic E-state index is 13.3. The van der Waals surface area contributed by atoms with Crippen molar-refractivity contribution in [1.82, 2.24) is 0 Å². The van der Waals surface area contributed by atoms with E-state index in [1.807, 2.05) is 0 Å². The van der Waals surface area contributed by atoms with Crippen molar-refractivity contribution in [2.24, 2.45) is 11.1 Å². The van der Waals surface area contributed by atoms with Gasteiger partial charge in [0.1, 0.15) is 5.82 Å². The second-order valence-corrected chi connectivity index (χ2v) is 5.02. The summed E-state index contributed by atoms with van der Waals surface area (Å²) >= 11 is 0. The van der Waals surface area contributed by atoms with E-state index < -0.39 is 10.7 Å². The van der Waals surface area contributed by atoms with Gasteiger partial charge in [-0.2, -0.15) is 0 Å². The molecule has 1 aliphatic heterocycles. The van der Waals surface area contributed by atoms with Gasteiger partial charge in [-0.05, 0) is 43.4 Å². The Labute approximate surface area is 110 Å². The van der Waals surface area contributed by atoms with Gasteiger partial charge in [-0.25, -0.2) is 4.39 Å². The zero-order valence-corrected chi connectivity index (χ0v) is 10.6. The highest BCUT2D eigenvalue weighted by molar-refractivity contribution is 5.41. The Morgan fingerprint density at radius 1 is 1.42 bits per heavy atom. The van der Waals surface area contributed by atoms with Gasteiger partial charge in [0.2, 0.25) is 0 Å². The van der Waals surface area contributed by atoms with E-state index in [2.05, 4.69) is 0 Å². The Balaban J connectivity index is 2.30. The van der Waals surface area contributed by atoms with E-state index in [9.17, 15) is 14.5 Å². The zero-order chi connectivity index (χ0) is 13.9. The Morgan fingerprint density at radius 3 is 2.68 bits per heavy atom. The summed E-state index contributed by atoms with van der Waals surface area (Å²) in [6.07, 6.45) is 1.91. The molecule has 1 heterocycles. The topological polar surface area (TPSA) is 78.4 Å². The van der Waals surface area contributed by atoms with E-state index in [4.69, 9.17) is 10.5 Å². The van der Waals surface area contributed by atoms with E-state index in [1.165, 1.54) is 12.1 Å². The molecule has 0 radical (unpaired) electrons. The molecule has 1 saturated heterocycles. The molecule has 0 unspecified atom stereocenters. The van der Waals surface area contributed by atoms with Crippen molar-refractivity contribution in [2.75, 3.05) is 19.8 Å². The summed E-state index contributed by atoms with van der Waals surface area (Å²) < 4.78 is 18.6. The molecule has 19 heavy (non-hydrogen) atoms. The first-order valence-corrected chi connectivity index (χ1v) is 6.27. The first kappa shape index (κ1) is 13.9. The van der Waals surface area contributed by atoms with Gasteiger partial charge in [0, 0.05) is 24.8 Å². The van der Waals surface area contributed by atoms with Crippen LogP contribution in [0.4, 0.5) is 10.1 Å². The first-order valence-electron chi connectivity index (χ1n) is 6.27. The Morgan fingerprint density at radius 2 is 2.11 bits per heavy atom. The molecule has 2 rings (SSSR count). The average molecular weight is 268 g/mol. The monoisotopic (exact) mass is 268 g/mol. The summed E-state index contributed by atoms with van der Waals surface area (Å²) in [5.74, 6) is -0.458. The maximum Gasteiger partial charge on any atom is 0.272 e. The molecular formula is C13H17FN2O3. The van der Waals surface area contributed by atoms with Gasteiger partial charge in [0.05, 0.1) is 4.92 Å². The van der Waals surface area contributed by atoms with Crippen LogP contribution >= 0.6 is 0 Å². The quantitative estimate of drug-likeness (QED) is 0.669. The molecule has 0 aliphatic carbocycles. The van der Waals surface area contributed by atoms with Gasteiger partial charge in [-0.15, -0.1) is 0 Å². The number of rotatable bonds is 4. The minimum atomic E-state index is -0.474. The number of nitrogens with two attached hydrogens (primary N) is 1. The lowest BCUT2D eigenvalue weighted by molar-refractivity contribution is -0.385. The standard InChI is InChI=1S/C13H17FN2O3/c14-11-1-2-12(16(17)18)10(7-11)8-13(9-15)3-5-19-6-4-13/h1-2,7H,3-6,8-9,15H2. The highest BCUT2D eigenvalue weighted by atomic mass is 19.1. The summed E-state index contributed by atoms with van der Waals surface area (Å²) in [7, 11) is 0. The van der Waals surface area contributed by atoms with Crippen molar-refractivity contribution in [3.8, 4) is 0 Å². The fourth-order valence-corrected chi connectivity index (χ4v) is 2.54. The highest BCUT2D eigenvalue weighted by Gasteiger charge is 2.33. The Kier molecular flexibility index (Phi) is 4.11. The number of ether oxygens (including phenoxy) is 1. The van der Waals surface area contributed by atoms with Gasteiger partial charge in [-0.3, -0.25) is 10.1 Å². The fraction of sp³-hybridized carbons (Fsp3) is 0.538. The Bertz CT molecular complexity index is 473. The molecule has 0 amide bonds. The first-order chi connectivity index (χ1) is 9.06. The average Bonchev–Trinajstić information content (AvgIpc) is 2.39. The molecule has 104 valence electrons. The molecule has 2 N–H and O–H groups in total. The number of halogens is 1. The summed E-state index contributed by atoms with van der Waals surface area (Å²) in [6.45, 7) is 1.62. The van der Waals surface area contributed by atoms with Crippen LogP contribution in [0.25, 0.3) is 0 Å². The van der Waals surface area contributed by atoms with Gasteiger partial charge in [0.15, 0.2) is 0 Å². The van der Waals surface area contributed by atoms with Crippen LogP contribution in [0.15, 0.2) is 18.2 Å². The molecule has 1 aromatic rings. The fourth-order valence-electron chi connectivity index (χ4n) is 2.54. The molecule has 1 aliphatic rings. The number of hydrogen-bond acceptors (Lipinski definition) is 4. The van der Waals surface area contributed by atoms with E-state index in [-0.39, 0.29) is 11.1 Å². The van der Waals surface area contributed by atoms with E-state index >= 15 is 0 Å². The van der Waals surface area contributed by atoms with E-state index in [0.717, 1.165) is 18.9 Å². The molecular weight excluding hydrogens is 251 g/mol.